The maximum Gasteiger partial charge on any atom is 0.229 e. The maximum atomic E-state index is 10.6. The van der Waals surface area contributed by atoms with Crippen LogP contribution in [0, 0.1) is 0 Å². The van der Waals surface area contributed by atoms with E-state index in [0.29, 0.717) is 11.5 Å². The zero-order valence-corrected chi connectivity index (χ0v) is 14.8. The molecule has 2 aliphatic rings. The van der Waals surface area contributed by atoms with E-state index in [-0.39, 0.29) is 6.61 Å². The van der Waals surface area contributed by atoms with Crippen molar-refractivity contribution >= 4 is 0 Å². The highest BCUT2D eigenvalue weighted by molar-refractivity contribution is 5.31. The molecule has 0 bridgehead atoms. The molecule has 0 amide bonds. The van der Waals surface area contributed by atoms with E-state index in [1.54, 1.807) is 31.4 Å². The van der Waals surface area contributed by atoms with Gasteiger partial charge in [0.05, 0.1) is 13.7 Å². The van der Waals surface area contributed by atoms with Crippen molar-refractivity contribution in [3.05, 3.63) is 60.2 Å². The number of hydrogen-bond donors (Lipinski definition) is 2. The Morgan fingerprint density at radius 1 is 0.889 bits per heavy atom. The second-order valence-electron chi connectivity index (χ2n) is 6.49. The van der Waals surface area contributed by atoms with Crippen molar-refractivity contribution in [2.45, 2.75) is 37.0 Å². The minimum atomic E-state index is -1.26. The Morgan fingerprint density at radius 2 is 1.59 bits per heavy atom. The molecule has 2 aromatic rings. The van der Waals surface area contributed by atoms with E-state index in [0.717, 1.165) is 5.56 Å². The Hall–Kier alpha value is -2.16. The first kappa shape index (κ1) is 18.2. The van der Waals surface area contributed by atoms with Crippen molar-refractivity contribution in [3.8, 4) is 11.5 Å². The lowest BCUT2D eigenvalue weighted by atomic mass is 9.98. The summed E-state index contributed by atoms with van der Waals surface area (Å²) in [5.41, 5.74) is 0.842. The van der Waals surface area contributed by atoms with E-state index in [4.69, 9.17) is 23.7 Å². The van der Waals surface area contributed by atoms with E-state index in [1.807, 2.05) is 30.3 Å². The van der Waals surface area contributed by atoms with Crippen LogP contribution in [0.25, 0.3) is 0 Å². The Balaban J connectivity index is 1.43. The molecule has 1 unspecified atom stereocenters. The third-order valence-corrected chi connectivity index (χ3v) is 4.72. The number of methoxy groups -OCH3 is 1. The van der Waals surface area contributed by atoms with E-state index in [9.17, 15) is 10.2 Å². The van der Waals surface area contributed by atoms with Gasteiger partial charge in [0, 0.05) is 5.56 Å². The van der Waals surface area contributed by atoms with Crippen LogP contribution in [0.2, 0.25) is 0 Å². The van der Waals surface area contributed by atoms with E-state index >= 15 is 0 Å². The molecule has 2 aromatic carbocycles. The average Bonchev–Trinajstić information content (AvgIpc) is 2.73. The summed E-state index contributed by atoms with van der Waals surface area (Å²) >= 11 is 0. The van der Waals surface area contributed by atoms with Crippen LogP contribution in [0.3, 0.4) is 0 Å². The van der Waals surface area contributed by atoms with Crippen molar-refractivity contribution in [1.29, 1.82) is 0 Å². The Morgan fingerprint density at radius 3 is 2.30 bits per heavy atom. The number of hydrogen-bond acceptors (Lipinski definition) is 7. The van der Waals surface area contributed by atoms with Crippen LogP contribution in [-0.4, -0.2) is 54.6 Å². The summed E-state index contributed by atoms with van der Waals surface area (Å²) in [5, 5.41) is 21.0. The van der Waals surface area contributed by atoms with Gasteiger partial charge in [0.1, 0.15) is 35.9 Å². The monoisotopic (exact) mass is 374 g/mol. The van der Waals surface area contributed by atoms with Crippen LogP contribution in [0.4, 0.5) is 0 Å². The van der Waals surface area contributed by atoms with E-state index < -0.39 is 37.0 Å². The largest absolute Gasteiger partial charge is 0.497 e. The molecule has 0 spiro atoms. The fourth-order valence-corrected chi connectivity index (χ4v) is 3.24. The van der Waals surface area contributed by atoms with Crippen molar-refractivity contribution in [3.63, 3.8) is 0 Å². The molecule has 0 saturated carbocycles. The second-order valence-corrected chi connectivity index (χ2v) is 6.49. The van der Waals surface area contributed by atoms with Crippen molar-refractivity contribution in [1.82, 2.24) is 0 Å². The molecule has 0 aromatic heterocycles. The topological polar surface area (TPSA) is 86.6 Å². The van der Waals surface area contributed by atoms with Crippen LogP contribution in [0.1, 0.15) is 11.9 Å². The third kappa shape index (κ3) is 3.78. The normalized spacial score (nSPS) is 33.1. The van der Waals surface area contributed by atoms with Crippen molar-refractivity contribution in [2.75, 3.05) is 13.7 Å². The zero-order valence-electron chi connectivity index (χ0n) is 14.8. The quantitative estimate of drug-likeness (QED) is 0.841. The molecule has 0 aliphatic carbocycles. The summed E-state index contributed by atoms with van der Waals surface area (Å²) in [5.74, 6) is 1.18. The van der Waals surface area contributed by atoms with Gasteiger partial charge in [0.25, 0.3) is 0 Å². The Bertz CT molecular complexity index is 734. The van der Waals surface area contributed by atoms with Crippen LogP contribution < -0.4 is 9.47 Å². The molecule has 0 radical (unpaired) electrons. The van der Waals surface area contributed by atoms with E-state index in [1.165, 1.54) is 0 Å². The van der Waals surface area contributed by atoms with Crippen LogP contribution in [0.5, 0.6) is 11.5 Å². The summed E-state index contributed by atoms with van der Waals surface area (Å²) in [6, 6.07) is 16.3. The SMILES string of the molecule is COc1ccc(O[C@@H]2O[C@@H]3COC(c4ccccc4)O[C@@H]3[C@H](O)[C@H]2O)cc1. The molecule has 7 nitrogen and oxygen atoms in total. The van der Waals surface area contributed by atoms with Gasteiger partial charge >= 0.3 is 0 Å². The predicted molar refractivity (Wildman–Crippen MR) is 94.3 cm³/mol. The zero-order chi connectivity index (χ0) is 18.8. The number of aliphatic hydroxyl groups is 2. The van der Waals surface area contributed by atoms with E-state index in [2.05, 4.69) is 0 Å². The summed E-state index contributed by atoms with van der Waals surface area (Å²) < 4.78 is 28.2. The third-order valence-electron chi connectivity index (χ3n) is 4.72. The molecule has 2 fully saturated rings. The highest BCUT2D eigenvalue weighted by Crippen LogP contribution is 2.34. The van der Waals surface area contributed by atoms with Crippen molar-refractivity contribution < 1.29 is 33.9 Å². The van der Waals surface area contributed by atoms with Gasteiger partial charge in [0.15, 0.2) is 6.29 Å². The minimum Gasteiger partial charge on any atom is -0.497 e. The van der Waals surface area contributed by atoms with Gasteiger partial charge in [-0.2, -0.15) is 0 Å². The number of aliphatic hydroxyl groups excluding tert-OH is 2. The summed E-state index contributed by atoms with van der Waals surface area (Å²) in [7, 11) is 1.58. The first-order chi connectivity index (χ1) is 13.2. The van der Waals surface area contributed by atoms with Crippen LogP contribution >= 0.6 is 0 Å². The molecular weight excluding hydrogens is 352 g/mol. The van der Waals surface area contributed by atoms with Gasteiger partial charge in [0.2, 0.25) is 6.29 Å². The standard InChI is InChI=1S/C20H22O7/c1-23-13-7-9-14(10-8-13)25-20-17(22)16(21)18-15(26-20)11-24-19(27-18)12-5-3-2-4-6-12/h2-10,15-22H,11H2,1H3/t15-,16-,17-,18+,19?,20-/m1/s1. The molecular formula is C20H22O7. The molecule has 27 heavy (non-hydrogen) atoms. The number of fused-ring (bicyclic) bond motifs is 1. The molecule has 2 saturated heterocycles. The first-order valence-corrected chi connectivity index (χ1v) is 8.80. The van der Waals surface area contributed by atoms with Gasteiger partial charge in [-0.3, -0.25) is 0 Å². The number of rotatable bonds is 4. The fraction of sp³-hybridized carbons (Fsp3) is 0.400. The lowest BCUT2D eigenvalue weighted by molar-refractivity contribution is -0.350. The Labute approximate surface area is 157 Å². The average molecular weight is 374 g/mol. The highest BCUT2D eigenvalue weighted by Gasteiger charge is 2.49. The Kier molecular flexibility index (Phi) is 5.29. The molecule has 2 aliphatic heterocycles. The summed E-state index contributed by atoms with van der Waals surface area (Å²) in [6.45, 7) is 0.219. The predicted octanol–water partition coefficient (Wildman–Crippen LogP) is 1.63. The van der Waals surface area contributed by atoms with Crippen LogP contribution in [-0.2, 0) is 14.2 Å². The molecule has 2 heterocycles. The van der Waals surface area contributed by atoms with Crippen molar-refractivity contribution in [2.24, 2.45) is 0 Å². The van der Waals surface area contributed by atoms with Gasteiger partial charge in [-0.05, 0) is 24.3 Å². The van der Waals surface area contributed by atoms with Gasteiger partial charge < -0.3 is 33.9 Å². The highest BCUT2D eigenvalue weighted by atomic mass is 16.8. The summed E-state index contributed by atoms with van der Waals surface area (Å²) in [6.07, 6.45) is -5.33. The fourth-order valence-electron chi connectivity index (χ4n) is 3.24. The molecule has 6 atom stereocenters. The second kappa shape index (κ2) is 7.84. The molecule has 144 valence electrons. The number of benzene rings is 2. The lowest BCUT2D eigenvalue weighted by Gasteiger charge is -2.46. The van der Waals surface area contributed by atoms with Gasteiger partial charge in [-0.15, -0.1) is 0 Å². The maximum absolute atomic E-state index is 10.6. The summed E-state index contributed by atoms with van der Waals surface area (Å²) in [4.78, 5) is 0. The minimum absolute atomic E-state index is 0.219. The lowest BCUT2D eigenvalue weighted by Crippen LogP contribution is -2.62. The smallest absolute Gasteiger partial charge is 0.229 e. The van der Waals surface area contributed by atoms with Crippen LogP contribution in [0.15, 0.2) is 54.6 Å². The van der Waals surface area contributed by atoms with Gasteiger partial charge in [-0.1, -0.05) is 30.3 Å². The molecule has 2 N–H and O–H groups in total. The molecule has 4 rings (SSSR count). The first-order valence-electron chi connectivity index (χ1n) is 8.80. The van der Waals surface area contributed by atoms with Gasteiger partial charge in [-0.25, -0.2) is 0 Å². The number of ether oxygens (including phenoxy) is 5. The molecule has 7 heteroatoms.